The number of rotatable bonds is 5. The summed E-state index contributed by atoms with van der Waals surface area (Å²) in [6.07, 6.45) is 3.45. The first-order chi connectivity index (χ1) is 15.8. The molecule has 0 aliphatic rings. The van der Waals surface area contributed by atoms with Crippen LogP contribution in [0, 0.1) is 20.8 Å². The molecule has 4 rings (SSSR count). The van der Waals surface area contributed by atoms with E-state index in [0.29, 0.717) is 26.3 Å². The molecule has 33 heavy (non-hydrogen) atoms. The lowest BCUT2D eigenvalue weighted by molar-refractivity contribution is 0.106. The fourth-order valence-corrected chi connectivity index (χ4v) is 4.86. The lowest BCUT2D eigenvalue weighted by Crippen LogP contribution is -2.32. The molecule has 5 heteroatoms. The smallest absolute Gasteiger partial charge is 0.269 e. The van der Waals surface area contributed by atoms with E-state index >= 15 is 0 Å². The third-order valence-corrected chi connectivity index (χ3v) is 6.64. The molecule has 0 unspecified atom stereocenters. The van der Waals surface area contributed by atoms with E-state index in [1.807, 2.05) is 81.4 Å². The van der Waals surface area contributed by atoms with Crippen LogP contribution in [0.3, 0.4) is 0 Å². The maximum Gasteiger partial charge on any atom is 0.269 e. The molecule has 0 saturated heterocycles. The molecule has 0 saturated carbocycles. The first-order valence-corrected chi connectivity index (χ1v) is 11.8. The predicted molar refractivity (Wildman–Crippen MR) is 138 cm³/mol. The Balaban J connectivity index is 1.85. The van der Waals surface area contributed by atoms with E-state index in [9.17, 15) is 9.59 Å². The number of aryl methyl sites for hydroxylation is 3. The SMILES string of the molecule is Cc1ccc(/C=c2/s/c(=C\C(=O)c3cc(C)cc(C)c3)n(Cc3ccc(Cl)cc3)c2=O)cc1. The Labute approximate surface area is 201 Å². The molecule has 0 atom stereocenters. The van der Waals surface area contributed by atoms with Crippen molar-refractivity contribution in [1.82, 2.24) is 4.57 Å². The number of aromatic nitrogens is 1. The van der Waals surface area contributed by atoms with Gasteiger partial charge in [0.1, 0.15) is 4.66 Å². The second-order valence-corrected chi connectivity index (χ2v) is 9.76. The summed E-state index contributed by atoms with van der Waals surface area (Å²) in [5.41, 5.74) is 5.62. The summed E-state index contributed by atoms with van der Waals surface area (Å²) >= 11 is 7.35. The van der Waals surface area contributed by atoms with Gasteiger partial charge in [-0.3, -0.25) is 14.2 Å². The summed E-state index contributed by atoms with van der Waals surface area (Å²) in [5, 5.41) is 0.640. The number of hydrogen-bond acceptors (Lipinski definition) is 3. The highest BCUT2D eigenvalue weighted by molar-refractivity contribution is 7.07. The Bertz CT molecular complexity index is 1470. The number of thiazole rings is 1. The van der Waals surface area contributed by atoms with Crippen molar-refractivity contribution in [1.29, 1.82) is 0 Å². The van der Waals surface area contributed by atoms with E-state index < -0.39 is 0 Å². The third-order valence-electron chi connectivity index (χ3n) is 5.33. The van der Waals surface area contributed by atoms with Crippen LogP contribution in [-0.2, 0) is 6.54 Å². The number of benzene rings is 3. The topological polar surface area (TPSA) is 39.1 Å². The summed E-state index contributed by atoms with van der Waals surface area (Å²) in [6.45, 7) is 6.33. The number of carbonyl (C=O) groups excluding carboxylic acids is 1. The highest BCUT2D eigenvalue weighted by atomic mass is 35.5. The van der Waals surface area contributed by atoms with Gasteiger partial charge < -0.3 is 0 Å². The van der Waals surface area contributed by atoms with Crippen LogP contribution in [0.5, 0.6) is 0 Å². The zero-order valence-corrected chi connectivity index (χ0v) is 20.3. The van der Waals surface area contributed by atoms with Crippen LogP contribution in [0.25, 0.3) is 12.2 Å². The number of Topliss-reactive ketones (excluding diaryl/α,β-unsaturated/α-hetero) is 1. The van der Waals surface area contributed by atoms with Gasteiger partial charge in [-0.25, -0.2) is 0 Å². The van der Waals surface area contributed by atoms with Gasteiger partial charge in [0.15, 0.2) is 5.78 Å². The highest BCUT2D eigenvalue weighted by Crippen LogP contribution is 2.11. The number of hydrogen-bond donors (Lipinski definition) is 0. The van der Waals surface area contributed by atoms with E-state index in [4.69, 9.17) is 11.6 Å². The fourth-order valence-electron chi connectivity index (χ4n) is 3.69. The molecule has 0 aliphatic heterocycles. The van der Waals surface area contributed by atoms with Crippen molar-refractivity contribution < 1.29 is 4.79 Å². The molecule has 0 N–H and O–H groups in total. The number of nitrogens with zero attached hydrogens (tertiary/aromatic N) is 1. The minimum atomic E-state index is -0.116. The lowest BCUT2D eigenvalue weighted by Gasteiger charge is -2.04. The lowest BCUT2D eigenvalue weighted by atomic mass is 10.0. The van der Waals surface area contributed by atoms with Crippen molar-refractivity contribution in [2.45, 2.75) is 27.3 Å². The molecule has 3 nitrogen and oxygen atoms in total. The van der Waals surface area contributed by atoms with Crippen molar-refractivity contribution in [2.24, 2.45) is 0 Å². The number of ketones is 1. The first-order valence-electron chi connectivity index (χ1n) is 10.7. The molecule has 0 fully saturated rings. The summed E-state index contributed by atoms with van der Waals surface area (Å²) < 4.78 is 2.87. The van der Waals surface area contributed by atoms with Gasteiger partial charge in [-0.2, -0.15) is 0 Å². The normalized spacial score (nSPS) is 12.4. The molecule has 1 aromatic heterocycles. The van der Waals surface area contributed by atoms with Gasteiger partial charge in [0.2, 0.25) is 0 Å². The fraction of sp³-hybridized carbons (Fsp3) is 0.143. The predicted octanol–water partition coefficient (Wildman–Crippen LogP) is 5.03. The number of halogens is 1. The molecule has 0 amide bonds. The molecule has 166 valence electrons. The summed E-state index contributed by atoms with van der Waals surface area (Å²) in [5.74, 6) is -0.116. The first kappa shape index (κ1) is 23.0. The molecule has 0 radical (unpaired) electrons. The maximum absolute atomic E-state index is 13.3. The van der Waals surface area contributed by atoms with Crippen LogP contribution >= 0.6 is 22.9 Å². The average molecular weight is 474 g/mol. The average Bonchev–Trinajstić information content (AvgIpc) is 3.05. The van der Waals surface area contributed by atoms with E-state index in [0.717, 1.165) is 27.8 Å². The van der Waals surface area contributed by atoms with Gasteiger partial charge >= 0.3 is 0 Å². The van der Waals surface area contributed by atoms with Crippen molar-refractivity contribution >= 4 is 40.9 Å². The van der Waals surface area contributed by atoms with Gasteiger partial charge in [-0.15, -0.1) is 11.3 Å². The van der Waals surface area contributed by atoms with Crippen molar-refractivity contribution in [3.05, 3.63) is 125 Å². The van der Waals surface area contributed by atoms with Gasteiger partial charge in [0, 0.05) is 16.7 Å². The summed E-state index contributed by atoms with van der Waals surface area (Å²) in [4.78, 5) is 26.4. The van der Waals surface area contributed by atoms with Gasteiger partial charge in [-0.1, -0.05) is 70.8 Å². The third kappa shape index (κ3) is 5.59. The molecule has 0 spiro atoms. The zero-order chi connectivity index (χ0) is 23.5. The van der Waals surface area contributed by atoms with Gasteiger partial charge in [0.25, 0.3) is 5.56 Å². The second kappa shape index (κ2) is 9.74. The van der Waals surface area contributed by atoms with Crippen molar-refractivity contribution in [3.63, 3.8) is 0 Å². The molecule has 4 aromatic rings. The van der Waals surface area contributed by atoms with Crippen LogP contribution in [0.15, 0.2) is 71.5 Å². The molecule has 1 heterocycles. The van der Waals surface area contributed by atoms with Crippen LogP contribution in [-0.4, -0.2) is 10.4 Å². The van der Waals surface area contributed by atoms with E-state index in [2.05, 4.69) is 0 Å². The Morgan fingerprint density at radius 3 is 2.18 bits per heavy atom. The van der Waals surface area contributed by atoms with Crippen molar-refractivity contribution in [3.8, 4) is 0 Å². The highest BCUT2D eigenvalue weighted by Gasteiger charge is 2.10. The van der Waals surface area contributed by atoms with Crippen LogP contribution in [0.4, 0.5) is 0 Å². The van der Waals surface area contributed by atoms with Crippen molar-refractivity contribution in [2.75, 3.05) is 0 Å². The maximum atomic E-state index is 13.3. The quantitative estimate of drug-likeness (QED) is 0.381. The molecular formula is C28H24ClNO2S. The molecule has 3 aromatic carbocycles. The Hall–Kier alpha value is -3.21. The standard InChI is InChI=1S/C28H24ClNO2S/c1-18-4-6-21(7-5-18)15-26-28(32)30(17-22-8-10-24(29)11-9-22)27(33-26)16-25(31)23-13-19(2)12-20(3)14-23/h4-16H,17H2,1-3H3/b26-15+,27-16-. The molecule has 0 bridgehead atoms. The number of carbonyl (C=O) groups is 1. The van der Waals surface area contributed by atoms with Crippen LogP contribution in [0.2, 0.25) is 5.02 Å². The van der Waals surface area contributed by atoms with Crippen LogP contribution < -0.4 is 14.8 Å². The van der Waals surface area contributed by atoms with Gasteiger partial charge in [-0.05, 0) is 62.2 Å². The van der Waals surface area contributed by atoms with Gasteiger partial charge in [0.05, 0.1) is 11.1 Å². The van der Waals surface area contributed by atoms with E-state index in [1.54, 1.807) is 22.8 Å². The van der Waals surface area contributed by atoms with Crippen LogP contribution in [0.1, 0.15) is 38.2 Å². The largest absolute Gasteiger partial charge is 0.294 e. The monoisotopic (exact) mass is 473 g/mol. The zero-order valence-electron chi connectivity index (χ0n) is 18.8. The summed E-state index contributed by atoms with van der Waals surface area (Å²) in [6, 6.07) is 21.2. The Kier molecular flexibility index (Phi) is 6.77. The molecule has 0 aliphatic carbocycles. The minimum Gasteiger partial charge on any atom is -0.294 e. The molecular weight excluding hydrogens is 450 g/mol. The Morgan fingerprint density at radius 2 is 1.55 bits per heavy atom. The van der Waals surface area contributed by atoms with E-state index in [-0.39, 0.29) is 11.3 Å². The summed E-state index contributed by atoms with van der Waals surface area (Å²) in [7, 11) is 0. The van der Waals surface area contributed by atoms with E-state index in [1.165, 1.54) is 11.3 Å². The second-order valence-electron chi connectivity index (χ2n) is 8.26. The minimum absolute atomic E-state index is 0.116. The Morgan fingerprint density at radius 1 is 0.909 bits per heavy atom.